The topological polar surface area (TPSA) is 111 Å². The number of anilines is 2. The quantitative estimate of drug-likeness (QED) is 0.328. The summed E-state index contributed by atoms with van der Waals surface area (Å²) in [6.07, 6.45) is -4.92. The smallest absolute Gasteiger partial charge is 0.410 e. The van der Waals surface area contributed by atoms with Crippen LogP contribution < -0.4 is 15.4 Å². The van der Waals surface area contributed by atoms with Crippen molar-refractivity contribution in [3.8, 4) is 5.75 Å². The van der Waals surface area contributed by atoms with E-state index in [0.717, 1.165) is 15.2 Å². The summed E-state index contributed by atoms with van der Waals surface area (Å²) in [6, 6.07) is 9.14. The Bertz CT molecular complexity index is 1250. The lowest BCUT2D eigenvalue weighted by Gasteiger charge is -2.33. The molecule has 2 atom stereocenters. The van der Waals surface area contributed by atoms with Gasteiger partial charge >= 0.3 is 6.18 Å². The number of nitro groups is 1. The Balaban J connectivity index is 1.64. The predicted octanol–water partition coefficient (Wildman–Crippen LogP) is 5.48. The van der Waals surface area contributed by atoms with Crippen molar-refractivity contribution < 1.29 is 27.6 Å². The lowest BCUT2D eigenvalue weighted by Crippen LogP contribution is -2.35. The number of non-ortho nitro benzene ring substituents is 1. The molecule has 1 aliphatic heterocycles. The van der Waals surface area contributed by atoms with Gasteiger partial charge in [0, 0.05) is 29.1 Å². The summed E-state index contributed by atoms with van der Waals surface area (Å²) in [5.41, 5.74) is 0.0864. The Morgan fingerprint density at radius 2 is 1.97 bits per heavy atom. The second kappa shape index (κ2) is 8.97. The van der Waals surface area contributed by atoms with Gasteiger partial charge < -0.3 is 15.4 Å². The van der Waals surface area contributed by atoms with Gasteiger partial charge in [-0.05, 0) is 17.7 Å². The third-order valence-corrected chi connectivity index (χ3v) is 5.82. The molecule has 0 radical (unpaired) electrons. The third kappa shape index (κ3) is 4.83. The molecule has 0 bridgehead atoms. The van der Waals surface area contributed by atoms with Gasteiger partial charge in [0.25, 0.3) is 11.6 Å². The van der Waals surface area contributed by atoms with Crippen LogP contribution in [0.4, 0.5) is 30.4 Å². The molecule has 0 aliphatic carbocycles. The van der Waals surface area contributed by atoms with Gasteiger partial charge in [0.05, 0.1) is 29.8 Å². The lowest BCUT2D eigenvalue weighted by molar-refractivity contribution is -0.384. The molecular weight excluding hydrogens is 523 g/mol. The van der Waals surface area contributed by atoms with E-state index >= 15 is 0 Å². The molecule has 13 heteroatoms. The van der Waals surface area contributed by atoms with Gasteiger partial charge in [-0.25, -0.2) is 4.68 Å². The van der Waals surface area contributed by atoms with Gasteiger partial charge in [-0.2, -0.15) is 18.3 Å². The van der Waals surface area contributed by atoms with Gasteiger partial charge in [-0.1, -0.05) is 28.1 Å². The molecule has 9 nitrogen and oxygen atoms in total. The van der Waals surface area contributed by atoms with E-state index in [0.29, 0.717) is 5.56 Å². The largest absolute Gasteiger partial charge is 0.496 e. The first kappa shape index (κ1) is 23.5. The molecule has 0 fully saturated rings. The third-order valence-electron chi connectivity index (χ3n) is 5.29. The van der Waals surface area contributed by atoms with Crippen molar-refractivity contribution in [1.29, 1.82) is 0 Å². The van der Waals surface area contributed by atoms with Crippen LogP contribution in [0.3, 0.4) is 0 Å². The number of benzene rings is 2. The highest BCUT2D eigenvalue weighted by molar-refractivity contribution is 9.10. The van der Waals surface area contributed by atoms with E-state index in [4.69, 9.17) is 4.74 Å². The molecule has 1 amide bonds. The van der Waals surface area contributed by atoms with Crippen LogP contribution in [-0.4, -0.2) is 33.9 Å². The monoisotopic (exact) mass is 539 g/mol. The van der Waals surface area contributed by atoms with Crippen molar-refractivity contribution in [2.45, 2.75) is 24.7 Å². The molecular formula is C21H17BrF3N5O4. The number of hydrogen-bond acceptors (Lipinski definition) is 6. The lowest BCUT2D eigenvalue weighted by atomic mass is 9.97. The summed E-state index contributed by atoms with van der Waals surface area (Å²) < 4.78 is 48.1. The minimum absolute atomic E-state index is 0.0308. The molecule has 4 rings (SSSR count). The first-order chi connectivity index (χ1) is 16.0. The Morgan fingerprint density at radius 1 is 1.26 bits per heavy atom. The summed E-state index contributed by atoms with van der Waals surface area (Å²) >= 11 is 3.30. The number of methoxy groups -OCH3 is 1. The van der Waals surface area contributed by atoms with Crippen LogP contribution in [0.25, 0.3) is 0 Å². The Morgan fingerprint density at radius 3 is 2.59 bits per heavy atom. The molecule has 2 unspecified atom stereocenters. The van der Waals surface area contributed by atoms with E-state index in [1.807, 2.05) is 0 Å². The number of aromatic nitrogens is 2. The normalized spacial score (nSPS) is 17.4. The number of carbonyl (C=O) groups is 1. The summed E-state index contributed by atoms with van der Waals surface area (Å²) in [7, 11) is 1.30. The van der Waals surface area contributed by atoms with Crippen LogP contribution in [0.5, 0.6) is 5.75 Å². The van der Waals surface area contributed by atoms with Gasteiger partial charge in [0.1, 0.15) is 11.6 Å². The number of nitrogens with zero attached hydrogens (tertiary/aromatic N) is 3. The van der Waals surface area contributed by atoms with Crippen molar-refractivity contribution in [2.75, 3.05) is 17.7 Å². The maximum Gasteiger partial charge on any atom is 0.410 e. The molecule has 34 heavy (non-hydrogen) atoms. The second-order valence-corrected chi connectivity index (χ2v) is 8.45. The Hall–Kier alpha value is -3.61. The maximum atomic E-state index is 13.9. The zero-order valence-electron chi connectivity index (χ0n) is 17.5. The SMILES string of the molecule is COc1cc(NC(=O)c2cc3n(n2)C(C(F)(F)F)CC(c2ccc(Br)cc2)N3)cc([N+](=O)[O-])c1. The summed E-state index contributed by atoms with van der Waals surface area (Å²) in [5, 5.41) is 20.4. The number of rotatable bonds is 5. The molecule has 178 valence electrons. The predicted molar refractivity (Wildman–Crippen MR) is 120 cm³/mol. The van der Waals surface area contributed by atoms with E-state index in [1.165, 1.54) is 25.3 Å². The van der Waals surface area contributed by atoms with Crippen LogP contribution >= 0.6 is 15.9 Å². The molecule has 1 aromatic heterocycles. The Kier molecular flexibility index (Phi) is 6.21. The van der Waals surface area contributed by atoms with Gasteiger partial charge in [-0.15, -0.1) is 0 Å². The summed E-state index contributed by atoms with van der Waals surface area (Å²) in [4.78, 5) is 23.2. The number of halogens is 4. The highest BCUT2D eigenvalue weighted by atomic mass is 79.9. The molecule has 0 saturated carbocycles. The van der Waals surface area contributed by atoms with Crippen LogP contribution in [0.1, 0.15) is 34.6 Å². The van der Waals surface area contributed by atoms with Crippen molar-refractivity contribution in [1.82, 2.24) is 9.78 Å². The summed E-state index contributed by atoms with van der Waals surface area (Å²) in [5.74, 6) is -0.666. The van der Waals surface area contributed by atoms with E-state index in [-0.39, 0.29) is 35.1 Å². The Labute approximate surface area is 199 Å². The number of fused-ring (bicyclic) bond motifs is 1. The van der Waals surface area contributed by atoms with Crippen LogP contribution in [-0.2, 0) is 0 Å². The van der Waals surface area contributed by atoms with Crippen LogP contribution in [0.15, 0.2) is 53.0 Å². The van der Waals surface area contributed by atoms with Gasteiger partial charge in [-0.3, -0.25) is 14.9 Å². The number of alkyl halides is 3. The van der Waals surface area contributed by atoms with Crippen molar-refractivity contribution in [2.24, 2.45) is 0 Å². The minimum Gasteiger partial charge on any atom is -0.496 e. The minimum atomic E-state index is -4.60. The molecule has 0 spiro atoms. The number of carbonyl (C=O) groups excluding carboxylic acids is 1. The van der Waals surface area contributed by atoms with Crippen molar-refractivity contribution in [3.05, 3.63) is 74.4 Å². The number of nitrogens with one attached hydrogen (secondary N) is 2. The van der Waals surface area contributed by atoms with E-state index in [1.54, 1.807) is 24.3 Å². The summed E-state index contributed by atoms with van der Waals surface area (Å²) in [6.45, 7) is 0. The average Bonchev–Trinajstić information content (AvgIpc) is 3.22. The molecule has 2 heterocycles. The van der Waals surface area contributed by atoms with Gasteiger partial charge in [0.15, 0.2) is 11.7 Å². The highest BCUT2D eigenvalue weighted by Crippen LogP contribution is 2.43. The fraction of sp³-hybridized carbons (Fsp3) is 0.238. The molecule has 2 N–H and O–H groups in total. The standard InChI is InChI=1S/C21H17BrF3N5O4/c1-34-15-7-13(6-14(8-15)30(32)33)26-20(31)17-10-19-27-16(11-2-4-12(22)5-3-11)9-18(21(23,24)25)29(19)28-17/h2-8,10,16,18,27H,9H2,1H3,(H,26,31). The van der Waals surface area contributed by atoms with Crippen molar-refractivity contribution >= 4 is 39.0 Å². The molecule has 0 saturated heterocycles. The maximum absolute atomic E-state index is 13.9. The average molecular weight is 540 g/mol. The van der Waals surface area contributed by atoms with Gasteiger partial charge in [0.2, 0.25) is 0 Å². The number of nitro benzene ring substituents is 1. The number of ether oxygens (including phenoxy) is 1. The van der Waals surface area contributed by atoms with E-state index < -0.39 is 29.1 Å². The fourth-order valence-corrected chi connectivity index (χ4v) is 3.94. The zero-order valence-corrected chi connectivity index (χ0v) is 19.1. The second-order valence-electron chi connectivity index (χ2n) is 7.53. The van der Waals surface area contributed by atoms with Crippen LogP contribution in [0.2, 0.25) is 0 Å². The van der Waals surface area contributed by atoms with Crippen LogP contribution in [0, 0.1) is 10.1 Å². The fourth-order valence-electron chi connectivity index (χ4n) is 3.67. The first-order valence-electron chi connectivity index (χ1n) is 9.88. The highest BCUT2D eigenvalue weighted by Gasteiger charge is 2.46. The zero-order chi connectivity index (χ0) is 24.6. The molecule has 3 aromatic rings. The van der Waals surface area contributed by atoms with Crippen molar-refractivity contribution in [3.63, 3.8) is 0 Å². The van der Waals surface area contributed by atoms with E-state index in [2.05, 4.69) is 31.7 Å². The molecule has 1 aliphatic rings. The molecule has 2 aromatic carbocycles. The van der Waals surface area contributed by atoms with E-state index in [9.17, 15) is 28.1 Å². The number of hydrogen-bond donors (Lipinski definition) is 2. The number of amides is 1. The first-order valence-corrected chi connectivity index (χ1v) is 10.7.